The van der Waals surface area contributed by atoms with Crippen LogP contribution in [0.4, 0.5) is 5.13 Å². The molecule has 0 aliphatic carbocycles. The number of nitrogens with one attached hydrogen (secondary N) is 1. The number of carbonyl (C=O) groups excluding carboxylic acids is 1. The standard InChI is InChI=1S/C27H20ClN3OS/c1-16-9-6-7-12-19(16)23-15-21(20-13-8-14-22(28)25(20)29-23)26(32)31-27-30-24(17(2)33-27)18-10-4-3-5-11-18/h3-15H,1-2H3,(H,30,31,32). The van der Waals surface area contributed by atoms with Crippen LogP contribution in [0.15, 0.2) is 78.9 Å². The molecule has 0 spiro atoms. The fraction of sp³-hybridized carbons (Fsp3) is 0.0741. The van der Waals surface area contributed by atoms with E-state index in [1.165, 1.54) is 11.3 Å². The van der Waals surface area contributed by atoms with E-state index in [-0.39, 0.29) is 5.91 Å². The lowest BCUT2D eigenvalue weighted by molar-refractivity contribution is 0.102. The Morgan fingerprint density at radius 2 is 1.67 bits per heavy atom. The monoisotopic (exact) mass is 469 g/mol. The molecule has 33 heavy (non-hydrogen) atoms. The van der Waals surface area contributed by atoms with E-state index in [0.29, 0.717) is 32.3 Å². The molecule has 162 valence electrons. The van der Waals surface area contributed by atoms with Crippen LogP contribution < -0.4 is 5.32 Å². The van der Waals surface area contributed by atoms with Gasteiger partial charge in [0.1, 0.15) is 0 Å². The summed E-state index contributed by atoms with van der Waals surface area (Å²) in [7, 11) is 0. The Morgan fingerprint density at radius 3 is 2.45 bits per heavy atom. The van der Waals surface area contributed by atoms with Gasteiger partial charge < -0.3 is 0 Å². The second kappa shape index (κ2) is 8.77. The number of hydrogen-bond donors (Lipinski definition) is 1. The summed E-state index contributed by atoms with van der Waals surface area (Å²) in [4.78, 5) is 24.0. The molecule has 0 unspecified atom stereocenters. The molecule has 0 radical (unpaired) electrons. The second-order valence-corrected chi connectivity index (χ2v) is 9.36. The lowest BCUT2D eigenvalue weighted by atomic mass is 10.0. The average Bonchev–Trinajstić information content (AvgIpc) is 3.19. The first-order chi connectivity index (χ1) is 16.0. The van der Waals surface area contributed by atoms with Crippen molar-refractivity contribution in [3.8, 4) is 22.5 Å². The minimum atomic E-state index is -0.243. The molecule has 1 amide bonds. The quantitative estimate of drug-likeness (QED) is 0.295. The summed E-state index contributed by atoms with van der Waals surface area (Å²) in [5, 5.41) is 4.76. The van der Waals surface area contributed by atoms with Gasteiger partial charge in [0.15, 0.2) is 5.13 Å². The summed E-state index contributed by atoms with van der Waals surface area (Å²) < 4.78 is 0. The summed E-state index contributed by atoms with van der Waals surface area (Å²) in [6.45, 7) is 4.03. The molecule has 0 fully saturated rings. The van der Waals surface area contributed by atoms with E-state index in [1.54, 1.807) is 6.07 Å². The van der Waals surface area contributed by atoms with E-state index < -0.39 is 0 Å². The van der Waals surface area contributed by atoms with E-state index >= 15 is 0 Å². The van der Waals surface area contributed by atoms with Gasteiger partial charge in [0.05, 0.1) is 27.5 Å². The maximum absolute atomic E-state index is 13.4. The maximum atomic E-state index is 13.4. The van der Waals surface area contributed by atoms with Crippen LogP contribution in [0.25, 0.3) is 33.4 Å². The number of fused-ring (bicyclic) bond motifs is 1. The van der Waals surface area contributed by atoms with Crippen LogP contribution in [0.5, 0.6) is 0 Å². The number of aryl methyl sites for hydroxylation is 2. The Bertz CT molecular complexity index is 1490. The predicted molar refractivity (Wildman–Crippen MR) is 137 cm³/mol. The van der Waals surface area contributed by atoms with Gasteiger partial charge in [-0.25, -0.2) is 9.97 Å². The van der Waals surface area contributed by atoms with Crippen molar-refractivity contribution in [1.29, 1.82) is 0 Å². The maximum Gasteiger partial charge on any atom is 0.258 e. The molecule has 0 atom stereocenters. The van der Waals surface area contributed by atoms with Crippen molar-refractivity contribution in [3.05, 3.63) is 99.9 Å². The zero-order valence-corrected chi connectivity index (χ0v) is 19.7. The number of amides is 1. The number of hydrogen-bond acceptors (Lipinski definition) is 4. The van der Waals surface area contributed by atoms with Gasteiger partial charge in [0.2, 0.25) is 0 Å². The molecular formula is C27H20ClN3OS. The zero-order valence-electron chi connectivity index (χ0n) is 18.1. The van der Waals surface area contributed by atoms with E-state index in [2.05, 4.69) is 10.3 Å². The predicted octanol–water partition coefficient (Wildman–Crippen LogP) is 7.55. The Morgan fingerprint density at radius 1 is 0.909 bits per heavy atom. The minimum Gasteiger partial charge on any atom is -0.298 e. The molecule has 4 nitrogen and oxygen atoms in total. The van der Waals surface area contributed by atoms with Gasteiger partial charge in [-0.1, -0.05) is 78.3 Å². The largest absolute Gasteiger partial charge is 0.298 e. The highest BCUT2D eigenvalue weighted by molar-refractivity contribution is 7.16. The number of pyridine rings is 1. The van der Waals surface area contributed by atoms with Crippen LogP contribution >= 0.6 is 22.9 Å². The fourth-order valence-electron chi connectivity index (χ4n) is 3.88. The Balaban J connectivity index is 1.58. The number of halogens is 1. The van der Waals surface area contributed by atoms with Gasteiger partial charge in [0, 0.05) is 21.4 Å². The number of nitrogens with zero attached hydrogens (tertiary/aromatic N) is 2. The zero-order chi connectivity index (χ0) is 22.9. The molecule has 2 aromatic heterocycles. The van der Waals surface area contributed by atoms with E-state index in [0.717, 1.165) is 27.3 Å². The first kappa shape index (κ1) is 21.3. The number of thiazole rings is 1. The van der Waals surface area contributed by atoms with Gasteiger partial charge in [-0.3, -0.25) is 10.1 Å². The van der Waals surface area contributed by atoms with Crippen LogP contribution in [0, 0.1) is 13.8 Å². The Hall–Kier alpha value is -3.54. The topological polar surface area (TPSA) is 54.9 Å². The van der Waals surface area contributed by atoms with Gasteiger partial charge >= 0.3 is 0 Å². The van der Waals surface area contributed by atoms with E-state index in [1.807, 2.05) is 86.6 Å². The minimum absolute atomic E-state index is 0.243. The molecule has 0 saturated heterocycles. The van der Waals surface area contributed by atoms with Crippen LogP contribution in [-0.2, 0) is 0 Å². The molecule has 2 heterocycles. The van der Waals surface area contributed by atoms with Crippen LogP contribution in [0.2, 0.25) is 5.02 Å². The van der Waals surface area contributed by atoms with Gasteiger partial charge in [-0.05, 0) is 31.5 Å². The van der Waals surface area contributed by atoms with Crippen molar-refractivity contribution in [2.24, 2.45) is 0 Å². The highest BCUT2D eigenvalue weighted by Gasteiger charge is 2.18. The SMILES string of the molecule is Cc1ccccc1-c1cc(C(=O)Nc2nc(-c3ccccc3)c(C)s2)c2cccc(Cl)c2n1. The first-order valence-electron chi connectivity index (χ1n) is 10.5. The lowest BCUT2D eigenvalue weighted by Gasteiger charge is -2.12. The summed E-state index contributed by atoms with van der Waals surface area (Å²) in [6, 6.07) is 25.2. The Labute approximate surface area is 200 Å². The third-order valence-electron chi connectivity index (χ3n) is 5.52. The van der Waals surface area contributed by atoms with E-state index in [9.17, 15) is 4.79 Å². The van der Waals surface area contributed by atoms with Crippen molar-refractivity contribution in [1.82, 2.24) is 9.97 Å². The number of carbonyl (C=O) groups is 1. The third-order valence-corrected chi connectivity index (χ3v) is 6.71. The number of benzene rings is 3. The van der Waals surface area contributed by atoms with Gasteiger partial charge in [-0.2, -0.15) is 0 Å². The van der Waals surface area contributed by atoms with Crippen molar-refractivity contribution < 1.29 is 4.79 Å². The van der Waals surface area contributed by atoms with Crippen molar-refractivity contribution in [2.45, 2.75) is 13.8 Å². The molecule has 1 N–H and O–H groups in total. The lowest BCUT2D eigenvalue weighted by Crippen LogP contribution is -2.13. The fourth-order valence-corrected chi connectivity index (χ4v) is 4.93. The first-order valence-corrected chi connectivity index (χ1v) is 11.7. The molecule has 6 heteroatoms. The summed E-state index contributed by atoms with van der Waals surface area (Å²) in [5.41, 5.74) is 5.75. The number of anilines is 1. The number of aromatic nitrogens is 2. The normalized spacial score (nSPS) is 11.0. The molecule has 5 rings (SSSR count). The molecular weight excluding hydrogens is 450 g/mol. The number of rotatable bonds is 4. The average molecular weight is 470 g/mol. The van der Waals surface area contributed by atoms with Crippen molar-refractivity contribution in [2.75, 3.05) is 5.32 Å². The molecule has 0 bridgehead atoms. The smallest absolute Gasteiger partial charge is 0.258 e. The Kier molecular flexibility index (Phi) is 5.67. The summed E-state index contributed by atoms with van der Waals surface area (Å²) in [6.07, 6.45) is 0. The summed E-state index contributed by atoms with van der Waals surface area (Å²) in [5.74, 6) is -0.243. The van der Waals surface area contributed by atoms with Crippen molar-refractivity contribution >= 4 is 44.9 Å². The van der Waals surface area contributed by atoms with Gasteiger partial charge in [-0.15, -0.1) is 11.3 Å². The van der Waals surface area contributed by atoms with Crippen LogP contribution in [0.3, 0.4) is 0 Å². The number of para-hydroxylation sites is 1. The molecule has 0 aliphatic rings. The highest BCUT2D eigenvalue weighted by atomic mass is 35.5. The highest BCUT2D eigenvalue weighted by Crippen LogP contribution is 2.33. The van der Waals surface area contributed by atoms with Crippen molar-refractivity contribution in [3.63, 3.8) is 0 Å². The summed E-state index contributed by atoms with van der Waals surface area (Å²) >= 11 is 7.94. The molecule has 0 aliphatic heterocycles. The third kappa shape index (κ3) is 4.13. The molecule has 3 aromatic carbocycles. The second-order valence-electron chi connectivity index (χ2n) is 7.75. The molecule has 0 saturated carbocycles. The van der Waals surface area contributed by atoms with Crippen LogP contribution in [-0.4, -0.2) is 15.9 Å². The van der Waals surface area contributed by atoms with Gasteiger partial charge in [0.25, 0.3) is 5.91 Å². The molecule has 5 aromatic rings. The van der Waals surface area contributed by atoms with E-state index in [4.69, 9.17) is 16.6 Å². The van der Waals surface area contributed by atoms with Crippen LogP contribution in [0.1, 0.15) is 20.8 Å².